The summed E-state index contributed by atoms with van der Waals surface area (Å²) in [5.74, 6) is -0.0951. The molecule has 0 aliphatic carbocycles. The summed E-state index contributed by atoms with van der Waals surface area (Å²) in [5.41, 5.74) is 5.05. The van der Waals surface area contributed by atoms with Crippen molar-refractivity contribution in [1.29, 1.82) is 0 Å². The molecule has 1 aliphatic rings. The molecule has 0 unspecified atom stereocenters. The van der Waals surface area contributed by atoms with Crippen LogP contribution in [0.25, 0.3) is 22.2 Å². The third-order valence-corrected chi connectivity index (χ3v) is 4.83. The van der Waals surface area contributed by atoms with Crippen LogP contribution in [0.3, 0.4) is 0 Å². The van der Waals surface area contributed by atoms with Crippen molar-refractivity contribution in [3.63, 3.8) is 0 Å². The van der Waals surface area contributed by atoms with Crippen LogP contribution >= 0.6 is 0 Å². The first kappa shape index (κ1) is 14.0. The molecule has 5 rings (SSSR count). The van der Waals surface area contributed by atoms with Gasteiger partial charge in [0.15, 0.2) is 0 Å². The van der Waals surface area contributed by atoms with E-state index in [1.807, 2.05) is 55.0 Å². The molecular formula is C20H16N4O. The number of carbonyl (C=O) groups is 1. The second-order valence-corrected chi connectivity index (χ2v) is 6.27. The van der Waals surface area contributed by atoms with Gasteiger partial charge in [0.05, 0.1) is 24.3 Å². The molecule has 5 heteroatoms. The number of carbonyl (C=O) groups excluding carboxylic acids is 1. The molecule has 0 radical (unpaired) electrons. The zero-order valence-electron chi connectivity index (χ0n) is 13.4. The Morgan fingerprint density at radius 1 is 1.16 bits per heavy atom. The largest absolute Gasteiger partial charge is 0.351 e. The van der Waals surface area contributed by atoms with Crippen LogP contribution in [0.5, 0.6) is 0 Å². The number of imidazole rings is 1. The van der Waals surface area contributed by atoms with Gasteiger partial charge in [-0.25, -0.2) is 4.98 Å². The van der Waals surface area contributed by atoms with Crippen molar-refractivity contribution >= 4 is 16.8 Å². The summed E-state index contributed by atoms with van der Waals surface area (Å²) in [6, 6.07) is 18.1. The number of H-pyrrole nitrogens is 1. The number of para-hydroxylation sites is 1. The molecule has 2 aromatic carbocycles. The maximum Gasteiger partial charge on any atom is 0.267 e. The van der Waals surface area contributed by atoms with Crippen LogP contribution in [-0.4, -0.2) is 27.0 Å². The van der Waals surface area contributed by atoms with Crippen LogP contribution in [0.4, 0.5) is 0 Å². The van der Waals surface area contributed by atoms with Gasteiger partial charge in [-0.3, -0.25) is 4.79 Å². The van der Waals surface area contributed by atoms with Crippen molar-refractivity contribution in [2.45, 2.75) is 6.04 Å². The summed E-state index contributed by atoms with van der Waals surface area (Å²) >= 11 is 0. The molecule has 2 aromatic heterocycles. The smallest absolute Gasteiger partial charge is 0.267 e. The highest BCUT2D eigenvalue weighted by Crippen LogP contribution is 2.38. The average Bonchev–Trinajstić information content (AvgIpc) is 3.34. The quantitative estimate of drug-likeness (QED) is 0.606. The Kier molecular flexibility index (Phi) is 3.00. The minimum atomic E-state index is -0.0951. The molecule has 5 nitrogen and oxygen atoms in total. The van der Waals surface area contributed by atoms with Gasteiger partial charge in [0, 0.05) is 23.0 Å². The highest BCUT2D eigenvalue weighted by atomic mass is 16.1. The van der Waals surface area contributed by atoms with Crippen molar-refractivity contribution in [1.82, 2.24) is 19.9 Å². The average molecular weight is 328 g/mol. The predicted octanol–water partition coefficient (Wildman–Crippen LogP) is 3.36. The molecule has 0 spiro atoms. The first-order chi connectivity index (χ1) is 12.3. The fraction of sp³-hybridized carbons (Fsp3) is 0.100. The Balaban J connectivity index is 1.40. The Morgan fingerprint density at radius 3 is 2.92 bits per heavy atom. The highest BCUT2D eigenvalue weighted by Gasteiger charge is 2.28. The minimum Gasteiger partial charge on any atom is -0.351 e. The second-order valence-electron chi connectivity index (χ2n) is 6.27. The van der Waals surface area contributed by atoms with E-state index in [2.05, 4.69) is 32.0 Å². The highest BCUT2D eigenvalue weighted by molar-refractivity contribution is 5.98. The molecule has 1 aliphatic heterocycles. The van der Waals surface area contributed by atoms with E-state index in [1.165, 1.54) is 11.1 Å². The summed E-state index contributed by atoms with van der Waals surface area (Å²) in [4.78, 5) is 20.0. The zero-order valence-corrected chi connectivity index (χ0v) is 13.4. The number of amides is 1. The van der Waals surface area contributed by atoms with E-state index in [1.54, 1.807) is 0 Å². The van der Waals surface area contributed by atoms with E-state index in [4.69, 9.17) is 0 Å². The molecule has 4 aromatic rings. The van der Waals surface area contributed by atoms with E-state index in [0.29, 0.717) is 12.2 Å². The molecule has 0 saturated heterocycles. The standard InChI is InChI=1S/C20H16N4O/c25-20(17-9-13-5-1-4-8-16(13)23-17)22-11-19-15-7-3-2-6-14(15)18-10-21-12-24(18)19/h1-10,12,19,23H,11H2,(H,22,25)/t19-/m0/s1. The van der Waals surface area contributed by atoms with Crippen LogP contribution < -0.4 is 5.32 Å². The fourth-order valence-corrected chi connectivity index (χ4v) is 3.62. The Bertz CT molecular complexity index is 1060. The van der Waals surface area contributed by atoms with E-state index in [0.717, 1.165) is 16.6 Å². The van der Waals surface area contributed by atoms with Gasteiger partial charge in [-0.15, -0.1) is 0 Å². The van der Waals surface area contributed by atoms with Crippen LogP contribution in [0.2, 0.25) is 0 Å². The van der Waals surface area contributed by atoms with Gasteiger partial charge in [-0.1, -0.05) is 42.5 Å². The Hall–Kier alpha value is -3.34. The van der Waals surface area contributed by atoms with Gasteiger partial charge in [-0.2, -0.15) is 0 Å². The van der Waals surface area contributed by atoms with Crippen LogP contribution in [-0.2, 0) is 0 Å². The number of nitrogens with zero attached hydrogens (tertiary/aromatic N) is 2. The fourth-order valence-electron chi connectivity index (χ4n) is 3.62. The van der Waals surface area contributed by atoms with Crippen molar-refractivity contribution in [3.05, 3.63) is 78.4 Å². The van der Waals surface area contributed by atoms with Gasteiger partial charge < -0.3 is 14.9 Å². The van der Waals surface area contributed by atoms with Crippen molar-refractivity contribution in [3.8, 4) is 11.3 Å². The monoisotopic (exact) mass is 328 g/mol. The lowest BCUT2D eigenvalue weighted by molar-refractivity contribution is 0.0946. The van der Waals surface area contributed by atoms with E-state index in [9.17, 15) is 4.79 Å². The lowest BCUT2D eigenvalue weighted by atomic mass is 10.0. The normalized spacial score (nSPS) is 15.1. The van der Waals surface area contributed by atoms with E-state index >= 15 is 0 Å². The number of benzene rings is 2. The predicted molar refractivity (Wildman–Crippen MR) is 96.4 cm³/mol. The maximum absolute atomic E-state index is 12.6. The van der Waals surface area contributed by atoms with Crippen molar-refractivity contribution in [2.75, 3.05) is 6.54 Å². The second kappa shape index (κ2) is 5.34. The van der Waals surface area contributed by atoms with Crippen LogP contribution in [0.15, 0.2) is 67.1 Å². The molecular weight excluding hydrogens is 312 g/mol. The molecule has 2 N–H and O–H groups in total. The van der Waals surface area contributed by atoms with E-state index in [-0.39, 0.29) is 11.9 Å². The molecule has 3 heterocycles. The maximum atomic E-state index is 12.6. The third-order valence-electron chi connectivity index (χ3n) is 4.83. The summed E-state index contributed by atoms with van der Waals surface area (Å²) in [6.07, 6.45) is 3.70. The Morgan fingerprint density at radius 2 is 2.00 bits per heavy atom. The summed E-state index contributed by atoms with van der Waals surface area (Å²) in [7, 11) is 0. The Labute approximate surface area is 144 Å². The van der Waals surface area contributed by atoms with Gasteiger partial charge >= 0.3 is 0 Å². The van der Waals surface area contributed by atoms with Crippen molar-refractivity contribution < 1.29 is 4.79 Å². The number of rotatable bonds is 3. The van der Waals surface area contributed by atoms with Crippen molar-refractivity contribution in [2.24, 2.45) is 0 Å². The number of nitrogens with one attached hydrogen (secondary N) is 2. The third kappa shape index (κ3) is 2.16. The number of fused-ring (bicyclic) bond motifs is 4. The molecule has 122 valence electrons. The zero-order chi connectivity index (χ0) is 16.8. The molecule has 1 atom stereocenters. The summed E-state index contributed by atoms with van der Waals surface area (Å²) in [5, 5.41) is 4.09. The van der Waals surface area contributed by atoms with Gasteiger partial charge in [0.2, 0.25) is 0 Å². The van der Waals surface area contributed by atoms with Gasteiger partial charge in [-0.05, 0) is 17.7 Å². The lowest BCUT2D eigenvalue weighted by Gasteiger charge is -2.15. The first-order valence-corrected chi connectivity index (χ1v) is 8.28. The molecule has 0 saturated carbocycles. The summed E-state index contributed by atoms with van der Waals surface area (Å²) in [6.45, 7) is 0.522. The number of hydrogen-bond donors (Lipinski definition) is 2. The van der Waals surface area contributed by atoms with Gasteiger partial charge in [0.25, 0.3) is 5.91 Å². The summed E-state index contributed by atoms with van der Waals surface area (Å²) < 4.78 is 2.12. The number of aromatic amines is 1. The van der Waals surface area contributed by atoms with Gasteiger partial charge in [0.1, 0.15) is 5.69 Å². The van der Waals surface area contributed by atoms with Crippen LogP contribution in [0.1, 0.15) is 22.1 Å². The molecule has 0 bridgehead atoms. The van der Waals surface area contributed by atoms with E-state index < -0.39 is 0 Å². The number of hydrogen-bond acceptors (Lipinski definition) is 2. The number of aromatic nitrogens is 3. The molecule has 25 heavy (non-hydrogen) atoms. The SMILES string of the molecule is O=C(NC[C@H]1c2ccccc2-c2cncn21)c1cc2ccccc2[nH]1. The topological polar surface area (TPSA) is 62.7 Å². The van der Waals surface area contributed by atoms with Crippen LogP contribution in [0, 0.1) is 0 Å². The lowest BCUT2D eigenvalue weighted by Crippen LogP contribution is -2.30. The minimum absolute atomic E-state index is 0.0713. The first-order valence-electron chi connectivity index (χ1n) is 8.28. The molecule has 1 amide bonds. The molecule has 0 fully saturated rings.